The van der Waals surface area contributed by atoms with Crippen LogP contribution in [-0.2, 0) is 0 Å². The first-order chi connectivity index (χ1) is 8.11. The van der Waals surface area contributed by atoms with Crippen molar-refractivity contribution in [3.8, 4) is 11.8 Å². The zero-order chi connectivity index (χ0) is 12.4. The summed E-state index contributed by atoms with van der Waals surface area (Å²) in [5, 5.41) is 21.6. The molecule has 0 amide bonds. The normalized spacial score (nSPS) is 9.88. The number of nitrogens with zero attached hydrogens (tertiary/aromatic N) is 4. The molecule has 0 unspecified atom stereocenters. The fourth-order valence-electron chi connectivity index (χ4n) is 1.45. The van der Waals surface area contributed by atoms with Gasteiger partial charge in [0.1, 0.15) is 12.4 Å². The number of benzene rings is 1. The van der Waals surface area contributed by atoms with Crippen LogP contribution in [0.2, 0.25) is 0 Å². The highest BCUT2D eigenvalue weighted by Crippen LogP contribution is 2.15. The Bertz CT molecular complexity index is 625. The third-order valence-corrected chi connectivity index (χ3v) is 2.22. The van der Waals surface area contributed by atoms with Crippen molar-refractivity contribution < 1.29 is 9.90 Å². The quantitative estimate of drug-likeness (QED) is 0.832. The van der Waals surface area contributed by atoms with Crippen LogP contribution in [0.1, 0.15) is 21.7 Å². The van der Waals surface area contributed by atoms with Crippen LogP contribution in [0.5, 0.6) is 0 Å². The average Bonchev–Trinajstić information content (AvgIpc) is 2.77. The molecule has 0 saturated carbocycles. The molecule has 2 rings (SSSR count). The van der Waals surface area contributed by atoms with Crippen LogP contribution >= 0.6 is 0 Å². The topological polar surface area (TPSA) is 91.8 Å². The maximum Gasteiger partial charge on any atom is 0.337 e. The predicted molar refractivity (Wildman–Crippen MR) is 57.8 cm³/mol. The van der Waals surface area contributed by atoms with Crippen LogP contribution in [-0.4, -0.2) is 25.8 Å². The second-order valence-corrected chi connectivity index (χ2v) is 3.45. The van der Waals surface area contributed by atoms with E-state index in [9.17, 15) is 4.79 Å². The summed E-state index contributed by atoms with van der Waals surface area (Å²) in [4.78, 5) is 14.8. The van der Waals surface area contributed by atoms with Crippen molar-refractivity contribution in [3.05, 3.63) is 41.5 Å². The first-order valence-corrected chi connectivity index (χ1v) is 4.78. The van der Waals surface area contributed by atoms with Crippen molar-refractivity contribution in [2.24, 2.45) is 0 Å². The number of carboxylic acids is 1. The summed E-state index contributed by atoms with van der Waals surface area (Å²) in [6.07, 6.45) is 1.32. The SMILES string of the molecule is Cc1ccc(-n2cnc(C#N)n2)c(C(=O)O)c1. The van der Waals surface area contributed by atoms with Gasteiger partial charge in [0.05, 0.1) is 11.3 Å². The molecule has 1 N–H and O–H groups in total. The zero-order valence-corrected chi connectivity index (χ0v) is 8.95. The largest absolute Gasteiger partial charge is 0.478 e. The monoisotopic (exact) mass is 228 g/mol. The highest BCUT2D eigenvalue weighted by Gasteiger charge is 2.13. The summed E-state index contributed by atoms with van der Waals surface area (Å²) >= 11 is 0. The average molecular weight is 228 g/mol. The van der Waals surface area contributed by atoms with Crippen LogP contribution < -0.4 is 0 Å². The fourth-order valence-corrected chi connectivity index (χ4v) is 1.45. The summed E-state index contributed by atoms with van der Waals surface area (Å²) in [7, 11) is 0. The van der Waals surface area contributed by atoms with Crippen molar-refractivity contribution in [2.45, 2.75) is 6.92 Å². The number of hydrogen-bond acceptors (Lipinski definition) is 4. The van der Waals surface area contributed by atoms with E-state index in [0.29, 0.717) is 5.69 Å². The highest BCUT2D eigenvalue weighted by atomic mass is 16.4. The molecule has 6 heteroatoms. The highest BCUT2D eigenvalue weighted by molar-refractivity contribution is 5.92. The number of hydrogen-bond donors (Lipinski definition) is 1. The molecule has 1 heterocycles. The zero-order valence-electron chi connectivity index (χ0n) is 8.95. The van der Waals surface area contributed by atoms with Crippen LogP contribution in [0.15, 0.2) is 24.5 Å². The van der Waals surface area contributed by atoms with Gasteiger partial charge in [-0.15, -0.1) is 5.10 Å². The van der Waals surface area contributed by atoms with Crippen molar-refractivity contribution in [1.82, 2.24) is 14.8 Å². The van der Waals surface area contributed by atoms with Gasteiger partial charge in [-0.1, -0.05) is 11.6 Å². The lowest BCUT2D eigenvalue weighted by molar-refractivity contribution is 0.0696. The second kappa shape index (κ2) is 4.06. The first kappa shape index (κ1) is 10.8. The van der Waals surface area contributed by atoms with E-state index in [1.165, 1.54) is 11.0 Å². The Morgan fingerprint density at radius 2 is 2.29 bits per heavy atom. The number of carboxylic acid groups (broad SMARTS) is 1. The minimum Gasteiger partial charge on any atom is -0.478 e. The summed E-state index contributed by atoms with van der Waals surface area (Å²) in [5.41, 5.74) is 1.35. The molecule has 84 valence electrons. The molecule has 0 aliphatic heterocycles. The Morgan fingerprint density at radius 1 is 1.53 bits per heavy atom. The lowest BCUT2D eigenvalue weighted by Gasteiger charge is -2.05. The lowest BCUT2D eigenvalue weighted by Crippen LogP contribution is -2.06. The fraction of sp³-hybridized carbons (Fsp3) is 0.0909. The van der Waals surface area contributed by atoms with Gasteiger partial charge >= 0.3 is 5.97 Å². The van der Waals surface area contributed by atoms with E-state index in [1.807, 2.05) is 0 Å². The van der Waals surface area contributed by atoms with Gasteiger partial charge in [0.25, 0.3) is 5.82 Å². The molecular weight excluding hydrogens is 220 g/mol. The first-order valence-electron chi connectivity index (χ1n) is 4.78. The Labute approximate surface area is 96.8 Å². The number of aromatic nitrogens is 3. The maximum absolute atomic E-state index is 11.1. The summed E-state index contributed by atoms with van der Waals surface area (Å²) < 4.78 is 1.28. The van der Waals surface area contributed by atoms with Crippen LogP contribution in [0, 0.1) is 18.3 Å². The van der Waals surface area contributed by atoms with Gasteiger partial charge in [-0.25, -0.2) is 14.5 Å². The molecule has 6 nitrogen and oxygen atoms in total. The van der Waals surface area contributed by atoms with Gasteiger partial charge in [0, 0.05) is 0 Å². The third kappa shape index (κ3) is 1.99. The molecule has 1 aromatic carbocycles. The molecule has 0 radical (unpaired) electrons. The summed E-state index contributed by atoms with van der Waals surface area (Å²) in [6, 6.07) is 6.74. The van der Waals surface area contributed by atoms with E-state index in [1.54, 1.807) is 31.2 Å². The molecule has 0 aliphatic carbocycles. The molecule has 0 spiro atoms. The van der Waals surface area contributed by atoms with E-state index in [2.05, 4.69) is 10.1 Å². The van der Waals surface area contributed by atoms with Crippen molar-refractivity contribution >= 4 is 5.97 Å². The van der Waals surface area contributed by atoms with Crippen LogP contribution in [0.25, 0.3) is 5.69 Å². The van der Waals surface area contributed by atoms with Crippen LogP contribution in [0.3, 0.4) is 0 Å². The number of rotatable bonds is 2. The van der Waals surface area contributed by atoms with Gasteiger partial charge in [-0.2, -0.15) is 5.26 Å². The van der Waals surface area contributed by atoms with E-state index >= 15 is 0 Å². The van der Waals surface area contributed by atoms with E-state index in [0.717, 1.165) is 5.56 Å². The number of nitriles is 1. The maximum atomic E-state index is 11.1. The van der Waals surface area contributed by atoms with Gasteiger partial charge < -0.3 is 5.11 Å². The van der Waals surface area contributed by atoms with Crippen molar-refractivity contribution in [3.63, 3.8) is 0 Å². The molecule has 2 aromatic rings. The third-order valence-electron chi connectivity index (χ3n) is 2.22. The minimum absolute atomic E-state index is 0.00177. The van der Waals surface area contributed by atoms with Gasteiger partial charge in [0.2, 0.25) is 0 Å². The number of carbonyl (C=O) groups is 1. The minimum atomic E-state index is -1.04. The lowest BCUT2D eigenvalue weighted by atomic mass is 10.1. The number of aromatic carboxylic acids is 1. The van der Waals surface area contributed by atoms with Gasteiger partial charge in [-0.05, 0) is 19.1 Å². The molecule has 0 atom stereocenters. The molecule has 1 aromatic heterocycles. The van der Waals surface area contributed by atoms with Crippen molar-refractivity contribution in [1.29, 1.82) is 5.26 Å². The standard InChI is InChI=1S/C11H8N4O2/c1-7-2-3-9(8(4-7)11(16)17)15-6-13-10(5-12)14-15/h2-4,6H,1H3,(H,16,17). The second-order valence-electron chi connectivity index (χ2n) is 3.45. The number of aryl methyl sites for hydroxylation is 1. The summed E-state index contributed by atoms with van der Waals surface area (Å²) in [5.74, 6) is -1.04. The molecule has 0 bridgehead atoms. The predicted octanol–water partition coefficient (Wildman–Crippen LogP) is 1.15. The van der Waals surface area contributed by atoms with Crippen molar-refractivity contribution in [2.75, 3.05) is 0 Å². The smallest absolute Gasteiger partial charge is 0.337 e. The Morgan fingerprint density at radius 3 is 2.88 bits per heavy atom. The summed E-state index contributed by atoms with van der Waals surface area (Å²) in [6.45, 7) is 1.80. The van der Waals surface area contributed by atoms with Gasteiger partial charge in [0.15, 0.2) is 0 Å². The molecule has 0 aliphatic rings. The Hall–Kier alpha value is -2.68. The molecule has 17 heavy (non-hydrogen) atoms. The Kier molecular flexibility index (Phi) is 2.58. The van der Waals surface area contributed by atoms with Crippen LogP contribution in [0.4, 0.5) is 0 Å². The Balaban J connectivity index is 2.59. The van der Waals surface area contributed by atoms with E-state index < -0.39 is 5.97 Å². The molecular formula is C11H8N4O2. The molecule has 0 fully saturated rings. The van der Waals surface area contributed by atoms with Gasteiger partial charge in [-0.3, -0.25) is 0 Å². The van der Waals surface area contributed by atoms with E-state index in [-0.39, 0.29) is 11.4 Å². The van der Waals surface area contributed by atoms with E-state index in [4.69, 9.17) is 10.4 Å². The molecule has 0 saturated heterocycles.